The molecule has 1 spiro atoms. The van der Waals surface area contributed by atoms with Gasteiger partial charge in [-0.2, -0.15) is 0 Å². The summed E-state index contributed by atoms with van der Waals surface area (Å²) >= 11 is 1.86. The number of aromatic nitrogens is 1. The molecule has 2 aliphatic rings. The van der Waals surface area contributed by atoms with E-state index in [2.05, 4.69) is 240 Å². The zero-order chi connectivity index (χ0) is 42.6. The number of para-hydroxylation sites is 4. The zero-order valence-corrected chi connectivity index (χ0v) is 36.0. The molecule has 3 nitrogen and oxygen atoms in total. The van der Waals surface area contributed by atoms with E-state index in [0.29, 0.717) is 0 Å². The number of hydrogen-bond donors (Lipinski definition) is 0. The number of thiophene rings is 1. The standard InChI is InChI=1S/C61H38N2OS/c1-5-21-49-47(20-1)60-52(61(49)50-22-6-10-28-56(50)64-57-29-11-7-23-51(57)61)24-14-27-55(60)62(41-34-31-39(32-35-41)40-33-36-59-48(37-40)46-19-4-12-30-58(46)65-59)42-15-13-16-43(38-42)63-53-25-8-2-17-44(53)45-18-3-9-26-54(45)63/h1-38H. The van der Waals surface area contributed by atoms with Crippen LogP contribution in [0.2, 0.25) is 0 Å². The Kier molecular flexibility index (Phi) is 7.77. The fourth-order valence-corrected chi connectivity index (χ4v) is 12.3. The maximum Gasteiger partial charge on any atom is 0.132 e. The number of hydrogen-bond acceptors (Lipinski definition) is 3. The highest BCUT2D eigenvalue weighted by Gasteiger charge is 2.51. The van der Waals surface area contributed by atoms with E-state index in [1.165, 1.54) is 75.4 Å². The normalized spacial score (nSPS) is 13.2. The van der Waals surface area contributed by atoms with Crippen LogP contribution >= 0.6 is 11.3 Å². The third kappa shape index (κ3) is 5.17. The van der Waals surface area contributed by atoms with Crippen molar-refractivity contribution in [3.05, 3.63) is 253 Å². The first-order valence-electron chi connectivity index (χ1n) is 22.2. The Morgan fingerprint density at radius 1 is 0.400 bits per heavy atom. The molecule has 14 rings (SSSR count). The predicted octanol–water partition coefficient (Wildman–Crippen LogP) is 16.8. The summed E-state index contributed by atoms with van der Waals surface area (Å²) in [5.41, 5.74) is 15.8. The highest BCUT2D eigenvalue weighted by molar-refractivity contribution is 7.25. The van der Waals surface area contributed by atoms with Crippen LogP contribution in [0.25, 0.3) is 69.9 Å². The molecule has 0 atom stereocenters. The highest BCUT2D eigenvalue weighted by Crippen LogP contribution is 2.64. The molecule has 0 saturated heterocycles. The van der Waals surface area contributed by atoms with Crippen LogP contribution in [-0.2, 0) is 5.41 Å². The molecular weight excluding hydrogens is 809 g/mol. The average molecular weight is 847 g/mol. The van der Waals surface area contributed by atoms with E-state index in [0.717, 1.165) is 45.4 Å². The van der Waals surface area contributed by atoms with E-state index >= 15 is 0 Å². The molecule has 1 aliphatic heterocycles. The zero-order valence-electron chi connectivity index (χ0n) is 35.2. The number of fused-ring (bicyclic) bond motifs is 15. The quantitative estimate of drug-likeness (QED) is 0.172. The molecule has 10 aromatic carbocycles. The van der Waals surface area contributed by atoms with Gasteiger partial charge in [-0.3, -0.25) is 0 Å². The molecule has 65 heavy (non-hydrogen) atoms. The second-order valence-electron chi connectivity index (χ2n) is 17.2. The number of nitrogens with zero attached hydrogens (tertiary/aromatic N) is 2. The Bertz CT molecular complexity index is 3790. The molecule has 0 fully saturated rings. The third-order valence-electron chi connectivity index (χ3n) is 13.9. The van der Waals surface area contributed by atoms with Gasteiger partial charge < -0.3 is 14.2 Å². The SMILES string of the molecule is c1cc(N(c2ccc(-c3ccc4sc5ccccc5c4c3)cc2)c2cccc3c2-c2ccccc2C32c3ccccc3Oc3ccccc32)cc(-n2c3ccccc3c3ccccc32)c1. The van der Waals surface area contributed by atoms with Crippen molar-refractivity contribution < 1.29 is 4.74 Å². The lowest BCUT2D eigenvalue weighted by atomic mass is 9.66. The number of rotatable bonds is 5. The van der Waals surface area contributed by atoms with Crippen molar-refractivity contribution in [2.45, 2.75) is 5.41 Å². The molecule has 1 aliphatic carbocycles. The molecule has 2 aromatic heterocycles. The van der Waals surface area contributed by atoms with Gasteiger partial charge in [0.1, 0.15) is 11.5 Å². The summed E-state index contributed by atoms with van der Waals surface area (Å²) in [6.07, 6.45) is 0. The molecule has 0 saturated carbocycles. The first-order chi connectivity index (χ1) is 32.2. The van der Waals surface area contributed by atoms with Crippen LogP contribution in [0.1, 0.15) is 22.3 Å². The van der Waals surface area contributed by atoms with Gasteiger partial charge in [-0.05, 0) is 107 Å². The van der Waals surface area contributed by atoms with E-state index in [4.69, 9.17) is 4.74 Å². The molecule has 3 heterocycles. The van der Waals surface area contributed by atoms with E-state index in [1.54, 1.807) is 0 Å². The molecule has 0 amide bonds. The monoisotopic (exact) mass is 846 g/mol. The molecule has 0 bridgehead atoms. The summed E-state index contributed by atoms with van der Waals surface area (Å²) in [4.78, 5) is 2.47. The smallest absolute Gasteiger partial charge is 0.132 e. The van der Waals surface area contributed by atoms with Crippen LogP contribution in [0.3, 0.4) is 0 Å². The van der Waals surface area contributed by atoms with Crippen molar-refractivity contribution in [1.82, 2.24) is 4.57 Å². The Balaban J connectivity index is 1.01. The van der Waals surface area contributed by atoms with Crippen LogP contribution in [-0.4, -0.2) is 4.57 Å². The largest absolute Gasteiger partial charge is 0.457 e. The average Bonchev–Trinajstić information content (AvgIpc) is 4.01. The van der Waals surface area contributed by atoms with Crippen molar-refractivity contribution in [2.75, 3.05) is 4.90 Å². The van der Waals surface area contributed by atoms with Gasteiger partial charge in [0.15, 0.2) is 0 Å². The van der Waals surface area contributed by atoms with Crippen molar-refractivity contribution in [1.29, 1.82) is 0 Å². The minimum atomic E-state index is -0.585. The summed E-state index contributed by atoms with van der Waals surface area (Å²) < 4.78 is 11.7. The molecule has 0 radical (unpaired) electrons. The first-order valence-corrected chi connectivity index (χ1v) is 23.1. The van der Waals surface area contributed by atoms with Gasteiger partial charge in [0.05, 0.1) is 22.1 Å². The topological polar surface area (TPSA) is 17.4 Å². The number of ether oxygens (including phenoxy) is 1. The summed E-state index contributed by atoms with van der Waals surface area (Å²) in [5.74, 6) is 1.78. The Morgan fingerprint density at radius 3 is 1.74 bits per heavy atom. The van der Waals surface area contributed by atoms with E-state index in [9.17, 15) is 0 Å². The van der Waals surface area contributed by atoms with E-state index in [-0.39, 0.29) is 0 Å². The molecule has 304 valence electrons. The minimum absolute atomic E-state index is 0.585. The summed E-state index contributed by atoms with van der Waals surface area (Å²) in [6.45, 7) is 0. The Hall–Kier alpha value is -8.18. The maximum atomic E-state index is 6.70. The van der Waals surface area contributed by atoms with Gasteiger partial charge in [-0.25, -0.2) is 0 Å². The van der Waals surface area contributed by atoms with Gasteiger partial charge in [0.25, 0.3) is 0 Å². The van der Waals surface area contributed by atoms with Crippen molar-refractivity contribution in [3.8, 4) is 39.4 Å². The van der Waals surface area contributed by atoms with Crippen LogP contribution in [0.15, 0.2) is 231 Å². The van der Waals surface area contributed by atoms with Crippen LogP contribution in [0.4, 0.5) is 17.1 Å². The second kappa shape index (κ2) is 13.9. The van der Waals surface area contributed by atoms with Crippen LogP contribution in [0.5, 0.6) is 11.5 Å². The lowest BCUT2D eigenvalue weighted by Crippen LogP contribution is -2.32. The van der Waals surface area contributed by atoms with E-state index < -0.39 is 5.41 Å². The van der Waals surface area contributed by atoms with Gasteiger partial charge in [0, 0.05) is 64.7 Å². The van der Waals surface area contributed by atoms with E-state index in [1.807, 2.05) is 11.3 Å². The number of anilines is 3. The van der Waals surface area contributed by atoms with Crippen LogP contribution < -0.4 is 9.64 Å². The molecule has 0 unspecified atom stereocenters. The fourth-order valence-electron chi connectivity index (χ4n) is 11.2. The lowest BCUT2D eigenvalue weighted by Gasteiger charge is -2.39. The number of benzene rings is 10. The summed E-state index contributed by atoms with van der Waals surface area (Å²) in [5, 5.41) is 5.11. The van der Waals surface area contributed by atoms with Crippen LogP contribution in [0, 0.1) is 0 Å². The Morgan fingerprint density at radius 2 is 0.985 bits per heavy atom. The fraction of sp³-hybridized carbons (Fsp3) is 0.0164. The summed E-state index contributed by atoms with van der Waals surface area (Å²) in [7, 11) is 0. The van der Waals surface area contributed by atoms with Gasteiger partial charge in [-0.15, -0.1) is 11.3 Å². The predicted molar refractivity (Wildman–Crippen MR) is 271 cm³/mol. The second-order valence-corrected chi connectivity index (χ2v) is 18.3. The third-order valence-corrected chi connectivity index (χ3v) is 15.0. The van der Waals surface area contributed by atoms with Crippen molar-refractivity contribution in [2.24, 2.45) is 0 Å². The first kappa shape index (κ1) is 36.3. The molecule has 0 N–H and O–H groups in total. The summed E-state index contributed by atoms with van der Waals surface area (Å²) in [6, 6.07) is 84.5. The maximum absolute atomic E-state index is 6.70. The molecule has 12 aromatic rings. The van der Waals surface area contributed by atoms with Crippen molar-refractivity contribution >= 4 is 70.4 Å². The van der Waals surface area contributed by atoms with Gasteiger partial charge in [0.2, 0.25) is 0 Å². The Labute approximate surface area is 380 Å². The highest BCUT2D eigenvalue weighted by atomic mass is 32.1. The lowest BCUT2D eigenvalue weighted by molar-refractivity contribution is 0.436. The van der Waals surface area contributed by atoms with Gasteiger partial charge >= 0.3 is 0 Å². The molecular formula is C61H38N2OS. The van der Waals surface area contributed by atoms with Crippen molar-refractivity contribution in [3.63, 3.8) is 0 Å². The molecule has 4 heteroatoms. The van der Waals surface area contributed by atoms with Gasteiger partial charge in [-0.1, -0.05) is 152 Å². The minimum Gasteiger partial charge on any atom is -0.457 e.